The average molecular weight is 932 g/mol. The standard InChI is InChI=1S/C44H58IN3O11/c1-11-47-16-18-48(19-17-47)42(54)44(9,10)46-41(53)43(7,8)15-14-31-12-13-32(26(2)20-31)21-33-22-35(37(24-36(33)45)56-28(4)50)39-40(58-30(6)52)38(57-29(5)51)23-34(59-39)25-55-27(3)49/h12-15,20,22,24,34,38-40H,11,16-19,21,23,25H2,1-10H3,(H,46,53)/b15-14+/t34-,38-,39-,40+/m0/s1. The van der Waals surface area contributed by atoms with Crippen molar-refractivity contribution < 1.29 is 52.5 Å². The molecule has 0 aromatic heterocycles. The summed E-state index contributed by atoms with van der Waals surface area (Å²) in [5.41, 5.74) is 2.10. The minimum Gasteiger partial charge on any atom is -0.463 e. The van der Waals surface area contributed by atoms with Gasteiger partial charge in [0.1, 0.15) is 30.1 Å². The average Bonchev–Trinajstić information content (AvgIpc) is 3.14. The van der Waals surface area contributed by atoms with Gasteiger partial charge in [0, 0.05) is 69.4 Å². The highest BCUT2D eigenvalue weighted by molar-refractivity contribution is 14.1. The van der Waals surface area contributed by atoms with Gasteiger partial charge in [0.25, 0.3) is 0 Å². The molecule has 2 amide bonds. The maximum atomic E-state index is 13.5. The predicted octanol–water partition coefficient (Wildman–Crippen LogP) is 5.47. The molecule has 4 rings (SSSR count). The molecule has 59 heavy (non-hydrogen) atoms. The molecule has 0 unspecified atom stereocenters. The molecule has 322 valence electrons. The van der Waals surface area contributed by atoms with Crippen molar-refractivity contribution in [2.24, 2.45) is 5.41 Å². The number of nitrogens with one attached hydrogen (secondary N) is 1. The maximum absolute atomic E-state index is 13.5. The van der Waals surface area contributed by atoms with Crippen molar-refractivity contribution in [2.45, 2.75) is 112 Å². The summed E-state index contributed by atoms with van der Waals surface area (Å²) < 4.78 is 29.4. The van der Waals surface area contributed by atoms with Crippen LogP contribution in [-0.2, 0) is 54.1 Å². The zero-order valence-corrected chi connectivity index (χ0v) is 37.9. The van der Waals surface area contributed by atoms with Crippen LogP contribution in [0.5, 0.6) is 5.75 Å². The third-order valence-electron chi connectivity index (χ3n) is 10.4. The van der Waals surface area contributed by atoms with Gasteiger partial charge in [-0.1, -0.05) is 37.3 Å². The molecule has 2 aromatic carbocycles. The van der Waals surface area contributed by atoms with Crippen molar-refractivity contribution in [3.8, 4) is 5.75 Å². The number of benzene rings is 2. The molecule has 0 radical (unpaired) electrons. The highest BCUT2D eigenvalue weighted by Gasteiger charge is 2.45. The van der Waals surface area contributed by atoms with Crippen molar-refractivity contribution >= 4 is 64.4 Å². The summed E-state index contributed by atoms with van der Waals surface area (Å²) in [6.07, 6.45) is 0.389. The van der Waals surface area contributed by atoms with Gasteiger partial charge in [0.05, 0.1) is 11.5 Å². The first kappa shape index (κ1) is 47.3. The summed E-state index contributed by atoms with van der Waals surface area (Å²) in [6, 6.07) is 9.52. The van der Waals surface area contributed by atoms with Gasteiger partial charge >= 0.3 is 23.9 Å². The number of esters is 4. The molecule has 0 saturated carbocycles. The van der Waals surface area contributed by atoms with Crippen LogP contribution in [0, 0.1) is 15.9 Å². The second-order valence-corrected chi connectivity index (χ2v) is 17.4. The fourth-order valence-electron chi connectivity index (χ4n) is 7.14. The van der Waals surface area contributed by atoms with E-state index >= 15 is 0 Å². The van der Waals surface area contributed by atoms with Crippen molar-refractivity contribution in [2.75, 3.05) is 39.3 Å². The number of amides is 2. The van der Waals surface area contributed by atoms with Gasteiger partial charge in [-0.05, 0) is 105 Å². The van der Waals surface area contributed by atoms with Crippen LogP contribution in [0.25, 0.3) is 6.08 Å². The Morgan fingerprint density at radius 2 is 1.54 bits per heavy atom. The lowest BCUT2D eigenvalue weighted by Gasteiger charge is -2.41. The second kappa shape index (κ2) is 20.3. The molecule has 2 aliphatic rings. The molecule has 1 N–H and O–H groups in total. The van der Waals surface area contributed by atoms with Gasteiger partial charge in [-0.3, -0.25) is 28.8 Å². The van der Waals surface area contributed by atoms with E-state index in [1.54, 1.807) is 19.9 Å². The van der Waals surface area contributed by atoms with Crippen molar-refractivity contribution in [1.29, 1.82) is 0 Å². The number of hydrogen-bond donors (Lipinski definition) is 1. The minimum atomic E-state index is -1.11. The Kier molecular flexibility index (Phi) is 16.3. The van der Waals surface area contributed by atoms with Gasteiger partial charge in [0.2, 0.25) is 11.8 Å². The van der Waals surface area contributed by atoms with E-state index in [2.05, 4.69) is 39.7 Å². The Morgan fingerprint density at radius 1 is 0.881 bits per heavy atom. The van der Waals surface area contributed by atoms with E-state index in [9.17, 15) is 28.8 Å². The number of piperazine rings is 1. The summed E-state index contributed by atoms with van der Waals surface area (Å²) >= 11 is 2.17. The first-order chi connectivity index (χ1) is 27.6. The van der Waals surface area contributed by atoms with Gasteiger partial charge in [-0.2, -0.15) is 0 Å². The van der Waals surface area contributed by atoms with E-state index in [4.69, 9.17) is 23.7 Å². The molecular weight excluding hydrogens is 873 g/mol. The zero-order chi connectivity index (χ0) is 43.8. The molecule has 2 heterocycles. The first-order valence-corrected chi connectivity index (χ1v) is 20.9. The first-order valence-electron chi connectivity index (χ1n) is 19.9. The van der Waals surface area contributed by atoms with E-state index < -0.39 is 59.2 Å². The SMILES string of the molecule is CCN1CCN(C(=O)C(C)(C)NC(=O)C(C)(C)/C=C/c2ccc(Cc3cc([C@@H]4O[C@H](COC(C)=O)C[C@H](OC(C)=O)[C@H]4OC(C)=O)c(OC(C)=O)cc3I)c(C)c2)CC1. The van der Waals surface area contributed by atoms with Crippen molar-refractivity contribution in [1.82, 2.24) is 15.1 Å². The number of carbonyl (C=O) groups excluding carboxylic acids is 6. The van der Waals surface area contributed by atoms with Crippen molar-refractivity contribution in [3.63, 3.8) is 0 Å². The molecule has 0 aliphatic carbocycles. The minimum absolute atomic E-state index is 0.0813. The molecule has 2 aromatic rings. The van der Waals surface area contributed by atoms with Gasteiger partial charge < -0.3 is 38.8 Å². The Bertz CT molecular complexity index is 1940. The number of nitrogens with zero attached hydrogens (tertiary/aromatic N) is 2. The molecule has 2 fully saturated rings. The van der Waals surface area contributed by atoms with Crippen LogP contribution < -0.4 is 10.1 Å². The molecule has 15 heteroatoms. The van der Waals surface area contributed by atoms with Crippen molar-refractivity contribution in [3.05, 3.63) is 67.8 Å². The Hall–Kier alpha value is -4.35. The Balaban J connectivity index is 1.59. The number of likely N-dealkylation sites (N-methyl/N-ethyl adjacent to an activating group) is 1. The molecule has 0 spiro atoms. The number of rotatable bonds is 14. The third kappa shape index (κ3) is 13.1. The molecule has 0 bridgehead atoms. The molecule has 4 atom stereocenters. The highest BCUT2D eigenvalue weighted by Crippen LogP contribution is 2.42. The summed E-state index contributed by atoms with van der Waals surface area (Å²) in [4.78, 5) is 79.6. The van der Waals surface area contributed by atoms with E-state index in [-0.39, 0.29) is 30.6 Å². The highest BCUT2D eigenvalue weighted by atomic mass is 127. The fourth-order valence-corrected chi connectivity index (χ4v) is 7.77. The maximum Gasteiger partial charge on any atom is 0.308 e. The largest absolute Gasteiger partial charge is 0.463 e. The molecular formula is C44H58IN3O11. The van der Waals surface area contributed by atoms with E-state index in [0.29, 0.717) is 25.1 Å². The number of hydrogen-bond acceptors (Lipinski definition) is 12. The number of halogens is 1. The number of carbonyl (C=O) groups is 6. The smallest absolute Gasteiger partial charge is 0.308 e. The third-order valence-corrected chi connectivity index (χ3v) is 11.4. The van der Waals surface area contributed by atoms with E-state index in [1.165, 1.54) is 27.7 Å². The topological polar surface area (TPSA) is 167 Å². The van der Waals surface area contributed by atoms with Gasteiger partial charge in [-0.15, -0.1) is 0 Å². The Labute approximate surface area is 360 Å². The van der Waals surface area contributed by atoms with Gasteiger partial charge in [-0.25, -0.2) is 0 Å². The quantitative estimate of drug-likeness (QED) is 0.110. The van der Waals surface area contributed by atoms with Crippen LogP contribution in [0.4, 0.5) is 0 Å². The monoisotopic (exact) mass is 931 g/mol. The molecule has 2 saturated heterocycles. The van der Waals surface area contributed by atoms with Crippen LogP contribution in [0.15, 0.2) is 36.4 Å². The number of aryl methyl sites for hydroxylation is 1. The van der Waals surface area contributed by atoms with Crippen LogP contribution in [0.1, 0.15) is 103 Å². The van der Waals surface area contributed by atoms with Crippen LogP contribution in [0.2, 0.25) is 0 Å². The predicted molar refractivity (Wildman–Crippen MR) is 228 cm³/mol. The van der Waals surface area contributed by atoms with Crippen LogP contribution in [0.3, 0.4) is 0 Å². The van der Waals surface area contributed by atoms with E-state index in [0.717, 1.165) is 45.5 Å². The fraction of sp³-hybridized carbons (Fsp3) is 0.545. The summed E-state index contributed by atoms with van der Waals surface area (Å²) in [5.74, 6) is -2.52. The molecule has 14 nitrogen and oxygen atoms in total. The zero-order valence-electron chi connectivity index (χ0n) is 35.8. The lowest BCUT2D eigenvalue weighted by atomic mass is 9.88. The summed E-state index contributed by atoms with van der Waals surface area (Å²) in [5, 5.41) is 2.99. The van der Waals surface area contributed by atoms with Crippen LogP contribution in [-0.4, -0.2) is 109 Å². The number of ether oxygens (including phenoxy) is 5. The van der Waals surface area contributed by atoms with Gasteiger partial charge in [0.15, 0.2) is 6.10 Å². The normalized spacial score (nSPS) is 20.2. The summed E-state index contributed by atoms with van der Waals surface area (Å²) in [6.45, 7) is 19.9. The Morgan fingerprint density at radius 3 is 2.12 bits per heavy atom. The summed E-state index contributed by atoms with van der Waals surface area (Å²) in [7, 11) is 0. The molecule has 2 aliphatic heterocycles. The van der Waals surface area contributed by atoms with E-state index in [1.807, 2.05) is 62.1 Å². The second-order valence-electron chi connectivity index (χ2n) is 16.2. The lowest BCUT2D eigenvalue weighted by Crippen LogP contribution is -2.61. The van der Waals surface area contributed by atoms with Crippen LogP contribution >= 0.6 is 22.6 Å². The lowest BCUT2D eigenvalue weighted by molar-refractivity contribution is -0.214.